The summed E-state index contributed by atoms with van der Waals surface area (Å²) < 4.78 is 18.6. The van der Waals surface area contributed by atoms with Crippen LogP contribution >= 0.6 is 0 Å². The maximum Gasteiger partial charge on any atom is 0.272 e. The second-order valence-electron chi connectivity index (χ2n) is 4.59. The lowest BCUT2D eigenvalue weighted by molar-refractivity contribution is -0.384. The number of benzene rings is 2. The van der Waals surface area contributed by atoms with E-state index in [0.29, 0.717) is 29.0 Å². The standard InChI is InChI=1S/C15H11FN2O3/c1-2-9-7-12(18(19)20)8-13-14(9)21-15(17-13)10-3-5-11(16)6-4-10/h3-8H,2H2,1H3. The quantitative estimate of drug-likeness (QED) is 0.536. The number of hydrogen-bond acceptors (Lipinski definition) is 4. The van der Waals surface area contributed by atoms with Gasteiger partial charge in [0.25, 0.3) is 5.69 Å². The minimum absolute atomic E-state index is 0.0155. The van der Waals surface area contributed by atoms with Crippen molar-refractivity contribution in [2.75, 3.05) is 0 Å². The summed E-state index contributed by atoms with van der Waals surface area (Å²) in [6, 6.07) is 8.61. The molecule has 0 bridgehead atoms. The normalized spacial score (nSPS) is 11.0. The zero-order chi connectivity index (χ0) is 15.0. The average Bonchev–Trinajstić information content (AvgIpc) is 2.90. The SMILES string of the molecule is CCc1cc([N+](=O)[O-])cc2nc(-c3ccc(F)cc3)oc12. The molecule has 1 aromatic heterocycles. The van der Waals surface area contributed by atoms with E-state index in [-0.39, 0.29) is 11.5 Å². The smallest absolute Gasteiger partial charge is 0.272 e. The van der Waals surface area contributed by atoms with Crippen LogP contribution in [0.2, 0.25) is 0 Å². The number of fused-ring (bicyclic) bond motifs is 1. The van der Waals surface area contributed by atoms with E-state index < -0.39 is 4.92 Å². The van der Waals surface area contributed by atoms with Crippen LogP contribution in [0.4, 0.5) is 10.1 Å². The van der Waals surface area contributed by atoms with E-state index in [1.165, 1.54) is 24.3 Å². The molecule has 5 nitrogen and oxygen atoms in total. The van der Waals surface area contributed by atoms with E-state index in [9.17, 15) is 14.5 Å². The third-order valence-corrected chi connectivity index (χ3v) is 3.23. The van der Waals surface area contributed by atoms with E-state index in [0.717, 1.165) is 5.56 Å². The van der Waals surface area contributed by atoms with Gasteiger partial charge in [-0.15, -0.1) is 0 Å². The van der Waals surface area contributed by atoms with E-state index in [1.807, 2.05) is 6.92 Å². The van der Waals surface area contributed by atoms with Crippen molar-refractivity contribution in [1.82, 2.24) is 4.98 Å². The molecular weight excluding hydrogens is 275 g/mol. The molecular formula is C15H11FN2O3. The number of rotatable bonds is 3. The Morgan fingerprint density at radius 3 is 2.62 bits per heavy atom. The molecule has 3 rings (SSSR count). The third kappa shape index (κ3) is 2.35. The Hall–Kier alpha value is -2.76. The fourth-order valence-electron chi connectivity index (χ4n) is 2.17. The Labute approximate surface area is 119 Å². The monoisotopic (exact) mass is 286 g/mol. The van der Waals surface area contributed by atoms with E-state index in [4.69, 9.17) is 4.42 Å². The highest BCUT2D eigenvalue weighted by molar-refractivity contribution is 5.82. The van der Waals surface area contributed by atoms with Crippen molar-refractivity contribution in [2.24, 2.45) is 0 Å². The minimum atomic E-state index is -0.454. The van der Waals surface area contributed by atoms with Gasteiger partial charge in [0.05, 0.1) is 4.92 Å². The van der Waals surface area contributed by atoms with Gasteiger partial charge in [-0.05, 0) is 30.7 Å². The number of non-ortho nitro benzene ring substituents is 1. The fraction of sp³-hybridized carbons (Fsp3) is 0.133. The summed E-state index contributed by atoms with van der Waals surface area (Å²) >= 11 is 0. The molecule has 0 radical (unpaired) electrons. The molecule has 0 amide bonds. The van der Waals surface area contributed by atoms with Crippen LogP contribution in [-0.4, -0.2) is 9.91 Å². The molecule has 6 heteroatoms. The first-order valence-electron chi connectivity index (χ1n) is 6.42. The molecule has 1 heterocycles. The molecule has 106 valence electrons. The number of halogens is 1. The van der Waals surface area contributed by atoms with Gasteiger partial charge in [-0.3, -0.25) is 10.1 Å². The Balaban J connectivity index is 2.19. The summed E-state index contributed by atoms with van der Waals surface area (Å²) in [6.07, 6.45) is 0.593. The van der Waals surface area contributed by atoms with Gasteiger partial charge in [-0.25, -0.2) is 9.37 Å². The van der Waals surface area contributed by atoms with Crippen molar-refractivity contribution >= 4 is 16.8 Å². The first-order chi connectivity index (χ1) is 10.1. The number of aryl methyl sites for hydroxylation is 1. The summed E-state index contributed by atoms with van der Waals surface area (Å²) in [5.41, 5.74) is 2.29. The van der Waals surface area contributed by atoms with Crippen molar-refractivity contribution in [3.8, 4) is 11.5 Å². The van der Waals surface area contributed by atoms with Crippen LogP contribution < -0.4 is 0 Å². The highest BCUT2D eigenvalue weighted by Gasteiger charge is 2.16. The van der Waals surface area contributed by atoms with Crippen LogP contribution in [0.15, 0.2) is 40.8 Å². The van der Waals surface area contributed by atoms with Crippen LogP contribution in [0, 0.1) is 15.9 Å². The van der Waals surface area contributed by atoms with Crippen molar-refractivity contribution in [3.63, 3.8) is 0 Å². The molecule has 0 atom stereocenters. The zero-order valence-electron chi connectivity index (χ0n) is 11.2. The van der Waals surface area contributed by atoms with Crippen molar-refractivity contribution in [2.45, 2.75) is 13.3 Å². The van der Waals surface area contributed by atoms with Crippen LogP contribution in [0.25, 0.3) is 22.6 Å². The summed E-state index contributed by atoms with van der Waals surface area (Å²) in [5.74, 6) is -0.0278. The number of nitrogens with zero attached hydrogens (tertiary/aromatic N) is 2. The van der Waals surface area contributed by atoms with Crippen LogP contribution in [0.1, 0.15) is 12.5 Å². The van der Waals surface area contributed by atoms with E-state index in [1.54, 1.807) is 12.1 Å². The number of aromatic nitrogens is 1. The molecule has 0 unspecified atom stereocenters. The lowest BCUT2D eigenvalue weighted by Crippen LogP contribution is -1.90. The van der Waals surface area contributed by atoms with Gasteiger partial charge >= 0.3 is 0 Å². The molecule has 0 saturated carbocycles. The molecule has 0 spiro atoms. The summed E-state index contributed by atoms with van der Waals surface area (Å²) in [6.45, 7) is 1.89. The van der Waals surface area contributed by atoms with Crippen LogP contribution in [-0.2, 0) is 6.42 Å². The van der Waals surface area contributed by atoms with Gasteiger partial charge < -0.3 is 4.42 Å². The first kappa shape index (κ1) is 13.2. The topological polar surface area (TPSA) is 69.2 Å². The Bertz CT molecular complexity index is 825. The molecule has 3 aromatic rings. The number of oxazole rings is 1. The molecule has 21 heavy (non-hydrogen) atoms. The van der Waals surface area contributed by atoms with E-state index in [2.05, 4.69) is 4.98 Å². The van der Waals surface area contributed by atoms with Gasteiger partial charge in [-0.2, -0.15) is 0 Å². The second kappa shape index (κ2) is 4.97. The van der Waals surface area contributed by atoms with Crippen molar-refractivity contribution < 1.29 is 13.7 Å². The van der Waals surface area contributed by atoms with Crippen LogP contribution in [0.3, 0.4) is 0 Å². The fourth-order valence-corrected chi connectivity index (χ4v) is 2.17. The van der Waals surface area contributed by atoms with Gasteiger partial charge in [0.1, 0.15) is 11.3 Å². The lowest BCUT2D eigenvalue weighted by atomic mass is 10.1. The maximum absolute atomic E-state index is 12.9. The van der Waals surface area contributed by atoms with Crippen LogP contribution in [0.5, 0.6) is 0 Å². The highest BCUT2D eigenvalue weighted by Crippen LogP contribution is 2.30. The molecule has 0 N–H and O–H groups in total. The number of hydrogen-bond donors (Lipinski definition) is 0. The average molecular weight is 286 g/mol. The Morgan fingerprint density at radius 1 is 1.29 bits per heavy atom. The molecule has 0 saturated heterocycles. The highest BCUT2D eigenvalue weighted by atomic mass is 19.1. The molecule has 0 aliphatic heterocycles. The van der Waals surface area contributed by atoms with Crippen molar-refractivity contribution in [3.05, 3.63) is 57.9 Å². The maximum atomic E-state index is 12.9. The van der Waals surface area contributed by atoms with Gasteiger partial charge in [0, 0.05) is 23.3 Å². The molecule has 0 aliphatic carbocycles. The van der Waals surface area contributed by atoms with Gasteiger partial charge in [0.15, 0.2) is 5.58 Å². The Kier molecular flexibility index (Phi) is 3.13. The summed E-state index contributed by atoms with van der Waals surface area (Å²) in [5, 5.41) is 10.9. The molecule has 2 aromatic carbocycles. The molecule has 0 fully saturated rings. The predicted molar refractivity (Wildman–Crippen MR) is 75.4 cm³/mol. The van der Waals surface area contributed by atoms with Gasteiger partial charge in [0.2, 0.25) is 5.89 Å². The lowest BCUT2D eigenvalue weighted by Gasteiger charge is -1.97. The zero-order valence-corrected chi connectivity index (χ0v) is 11.2. The minimum Gasteiger partial charge on any atom is -0.436 e. The van der Waals surface area contributed by atoms with E-state index >= 15 is 0 Å². The molecule has 0 aliphatic rings. The second-order valence-corrected chi connectivity index (χ2v) is 4.59. The number of nitro benzene ring substituents is 1. The van der Waals surface area contributed by atoms with Gasteiger partial charge in [-0.1, -0.05) is 6.92 Å². The Morgan fingerprint density at radius 2 is 2.00 bits per heavy atom. The van der Waals surface area contributed by atoms with Crippen molar-refractivity contribution in [1.29, 1.82) is 0 Å². The largest absolute Gasteiger partial charge is 0.436 e. The third-order valence-electron chi connectivity index (χ3n) is 3.23. The number of nitro groups is 1. The first-order valence-corrected chi connectivity index (χ1v) is 6.42. The predicted octanol–water partition coefficient (Wildman–Crippen LogP) is 4.10. The summed E-state index contributed by atoms with van der Waals surface area (Å²) in [7, 11) is 0. The summed E-state index contributed by atoms with van der Waals surface area (Å²) in [4.78, 5) is 14.7.